The minimum absolute atomic E-state index is 0.0220. The van der Waals surface area contributed by atoms with Crippen LogP contribution in [0.25, 0.3) is 0 Å². The Bertz CT molecular complexity index is 293. The van der Waals surface area contributed by atoms with E-state index in [9.17, 15) is 9.59 Å². The molecule has 0 bridgehead atoms. The third kappa shape index (κ3) is 3.63. The molecule has 1 saturated heterocycles. The predicted molar refractivity (Wildman–Crippen MR) is 69.1 cm³/mol. The van der Waals surface area contributed by atoms with Gasteiger partial charge in [-0.25, -0.2) is 9.69 Å². The van der Waals surface area contributed by atoms with E-state index < -0.39 is 6.09 Å². The van der Waals surface area contributed by atoms with Crippen molar-refractivity contribution in [3.05, 3.63) is 0 Å². The summed E-state index contributed by atoms with van der Waals surface area (Å²) in [5.74, 6) is 0.0505. The van der Waals surface area contributed by atoms with Crippen LogP contribution in [0.2, 0.25) is 0 Å². The van der Waals surface area contributed by atoms with E-state index in [2.05, 4.69) is 19.6 Å². The standard InChI is InChI=1S/C12H21NO3S/c1-4-5-9(17)6-11(14)13-10(8(2)3)7-16-12(13)15/h8-10,17H,4-7H2,1-3H3/t9-,10-/m1/s1. The summed E-state index contributed by atoms with van der Waals surface area (Å²) in [6, 6.07) is -0.128. The highest BCUT2D eigenvalue weighted by Crippen LogP contribution is 2.22. The second kappa shape index (κ2) is 6.28. The molecule has 1 heterocycles. The maximum Gasteiger partial charge on any atom is 0.416 e. The molecule has 1 fully saturated rings. The molecule has 98 valence electrons. The zero-order valence-corrected chi connectivity index (χ0v) is 11.6. The molecule has 0 unspecified atom stereocenters. The van der Waals surface area contributed by atoms with Crippen LogP contribution in [0.1, 0.15) is 40.0 Å². The minimum Gasteiger partial charge on any atom is -0.447 e. The molecule has 0 saturated carbocycles. The largest absolute Gasteiger partial charge is 0.447 e. The van der Waals surface area contributed by atoms with Crippen molar-refractivity contribution in [2.45, 2.75) is 51.3 Å². The third-order valence-corrected chi connectivity index (χ3v) is 3.42. The van der Waals surface area contributed by atoms with Gasteiger partial charge in [-0.15, -0.1) is 0 Å². The van der Waals surface area contributed by atoms with Gasteiger partial charge in [0.05, 0.1) is 6.04 Å². The normalized spacial score (nSPS) is 21.8. The molecular weight excluding hydrogens is 238 g/mol. The van der Waals surface area contributed by atoms with Crippen molar-refractivity contribution in [1.29, 1.82) is 0 Å². The predicted octanol–water partition coefficient (Wildman–Crippen LogP) is 2.48. The summed E-state index contributed by atoms with van der Waals surface area (Å²) in [6.07, 6.45) is 1.66. The lowest BCUT2D eigenvalue weighted by Gasteiger charge is -2.23. The van der Waals surface area contributed by atoms with Gasteiger partial charge in [-0.05, 0) is 12.3 Å². The zero-order valence-electron chi connectivity index (χ0n) is 10.7. The van der Waals surface area contributed by atoms with Crippen LogP contribution >= 0.6 is 12.6 Å². The fourth-order valence-corrected chi connectivity index (χ4v) is 2.36. The van der Waals surface area contributed by atoms with Crippen molar-refractivity contribution in [3.63, 3.8) is 0 Å². The average molecular weight is 259 g/mol. The highest BCUT2D eigenvalue weighted by atomic mass is 32.1. The highest BCUT2D eigenvalue weighted by molar-refractivity contribution is 7.81. The van der Waals surface area contributed by atoms with E-state index in [0.717, 1.165) is 12.8 Å². The summed E-state index contributed by atoms with van der Waals surface area (Å²) < 4.78 is 4.94. The van der Waals surface area contributed by atoms with Crippen LogP contribution in [-0.4, -0.2) is 34.8 Å². The number of rotatable bonds is 5. The summed E-state index contributed by atoms with van der Waals surface area (Å²) >= 11 is 4.35. The van der Waals surface area contributed by atoms with E-state index in [-0.39, 0.29) is 23.1 Å². The Hall–Kier alpha value is -0.710. The van der Waals surface area contributed by atoms with Crippen LogP contribution in [0.3, 0.4) is 0 Å². The van der Waals surface area contributed by atoms with Gasteiger partial charge in [-0.1, -0.05) is 27.2 Å². The molecule has 17 heavy (non-hydrogen) atoms. The smallest absolute Gasteiger partial charge is 0.416 e. The summed E-state index contributed by atoms with van der Waals surface area (Å²) in [7, 11) is 0. The zero-order chi connectivity index (χ0) is 13.0. The lowest BCUT2D eigenvalue weighted by Crippen LogP contribution is -2.42. The number of nitrogens with zero attached hydrogens (tertiary/aromatic N) is 1. The van der Waals surface area contributed by atoms with Gasteiger partial charge < -0.3 is 4.74 Å². The monoisotopic (exact) mass is 259 g/mol. The number of carbonyl (C=O) groups excluding carboxylic acids is 2. The van der Waals surface area contributed by atoms with Crippen molar-refractivity contribution in [2.75, 3.05) is 6.61 Å². The molecule has 0 aromatic carbocycles. The topological polar surface area (TPSA) is 46.6 Å². The first-order valence-corrected chi connectivity index (χ1v) is 6.65. The Labute approximate surface area is 108 Å². The molecule has 0 N–H and O–H groups in total. The van der Waals surface area contributed by atoms with Crippen molar-refractivity contribution in [1.82, 2.24) is 4.90 Å². The third-order valence-electron chi connectivity index (χ3n) is 2.98. The van der Waals surface area contributed by atoms with Crippen LogP contribution in [0, 0.1) is 5.92 Å². The Balaban J connectivity index is 2.62. The highest BCUT2D eigenvalue weighted by Gasteiger charge is 2.39. The summed E-state index contributed by atoms with van der Waals surface area (Å²) in [5, 5.41) is 0.0220. The average Bonchev–Trinajstić information content (AvgIpc) is 2.60. The molecule has 2 atom stereocenters. The molecule has 0 aromatic heterocycles. The Morgan fingerprint density at radius 1 is 1.59 bits per heavy atom. The van der Waals surface area contributed by atoms with Gasteiger partial charge in [0.25, 0.3) is 0 Å². The van der Waals surface area contributed by atoms with E-state index in [0.29, 0.717) is 13.0 Å². The molecule has 0 aliphatic carbocycles. The van der Waals surface area contributed by atoms with Crippen molar-refractivity contribution in [3.8, 4) is 0 Å². The van der Waals surface area contributed by atoms with Crippen molar-refractivity contribution in [2.24, 2.45) is 5.92 Å². The number of hydrogen-bond acceptors (Lipinski definition) is 4. The molecule has 1 aliphatic heterocycles. The molecule has 0 radical (unpaired) electrons. The lowest BCUT2D eigenvalue weighted by atomic mass is 10.0. The van der Waals surface area contributed by atoms with Gasteiger partial charge in [0.15, 0.2) is 0 Å². The fourth-order valence-electron chi connectivity index (χ4n) is 1.95. The second-order valence-corrected chi connectivity index (χ2v) is 5.53. The van der Waals surface area contributed by atoms with Gasteiger partial charge >= 0.3 is 6.09 Å². The van der Waals surface area contributed by atoms with Crippen LogP contribution in [0.5, 0.6) is 0 Å². The van der Waals surface area contributed by atoms with Crippen LogP contribution in [0.4, 0.5) is 4.79 Å². The van der Waals surface area contributed by atoms with E-state index in [1.54, 1.807) is 0 Å². The quantitative estimate of drug-likeness (QED) is 0.772. The van der Waals surface area contributed by atoms with Crippen LogP contribution < -0.4 is 0 Å². The van der Waals surface area contributed by atoms with E-state index >= 15 is 0 Å². The first-order valence-electron chi connectivity index (χ1n) is 6.14. The number of imide groups is 1. The van der Waals surface area contributed by atoms with Gasteiger partial charge in [-0.2, -0.15) is 12.6 Å². The summed E-state index contributed by atoms with van der Waals surface area (Å²) in [5.41, 5.74) is 0. The first kappa shape index (κ1) is 14.4. The number of ether oxygens (including phenoxy) is 1. The number of cyclic esters (lactones) is 1. The molecule has 1 aliphatic rings. The number of thiol groups is 1. The molecule has 1 rings (SSSR count). The second-order valence-electron chi connectivity index (χ2n) is 4.80. The lowest BCUT2D eigenvalue weighted by molar-refractivity contribution is -0.129. The van der Waals surface area contributed by atoms with Crippen molar-refractivity contribution >= 4 is 24.6 Å². The van der Waals surface area contributed by atoms with Gasteiger partial charge in [0, 0.05) is 11.7 Å². The van der Waals surface area contributed by atoms with E-state index in [1.165, 1.54) is 4.90 Å². The Morgan fingerprint density at radius 2 is 2.24 bits per heavy atom. The minimum atomic E-state index is -0.509. The SMILES string of the molecule is CCC[C@@H](S)CC(=O)N1C(=O)OC[C@@H]1C(C)C. The first-order chi connectivity index (χ1) is 7.97. The molecule has 4 nitrogen and oxygen atoms in total. The van der Waals surface area contributed by atoms with Gasteiger partial charge in [0.1, 0.15) is 6.61 Å². The molecule has 0 aromatic rings. The van der Waals surface area contributed by atoms with Crippen molar-refractivity contribution < 1.29 is 14.3 Å². The maximum absolute atomic E-state index is 12.0. The Morgan fingerprint density at radius 3 is 2.76 bits per heavy atom. The fraction of sp³-hybridized carbons (Fsp3) is 0.833. The summed E-state index contributed by atoms with van der Waals surface area (Å²) in [6.45, 7) is 6.33. The van der Waals surface area contributed by atoms with Gasteiger partial charge in [0.2, 0.25) is 5.91 Å². The number of hydrogen-bond donors (Lipinski definition) is 1. The number of amides is 2. The molecule has 0 spiro atoms. The molecule has 2 amide bonds. The number of carbonyl (C=O) groups is 2. The maximum atomic E-state index is 12.0. The van der Waals surface area contributed by atoms with E-state index in [1.807, 2.05) is 13.8 Å². The molecular formula is C12H21NO3S. The van der Waals surface area contributed by atoms with Gasteiger partial charge in [-0.3, -0.25) is 4.79 Å². The summed E-state index contributed by atoms with van der Waals surface area (Å²) in [4.78, 5) is 24.8. The molecule has 5 heteroatoms. The van der Waals surface area contributed by atoms with E-state index in [4.69, 9.17) is 4.74 Å². The van der Waals surface area contributed by atoms with Crippen LogP contribution in [0.15, 0.2) is 0 Å². The Kier molecular flexibility index (Phi) is 5.31. The van der Waals surface area contributed by atoms with Crippen LogP contribution in [-0.2, 0) is 9.53 Å².